The van der Waals surface area contributed by atoms with E-state index in [4.69, 9.17) is 13.9 Å². The van der Waals surface area contributed by atoms with Gasteiger partial charge in [-0.25, -0.2) is 4.79 Å². The first-order valence-electron chi connectivity index (χ1n) is 9.11. The van der Waals surface area contributed by atoms with Crippen LogP contribution in [-0.2, 0) is 4.74 Å². The summed E-state index contributed by atoms with van der Waals surface area (Å²) in [6.45, 7) is 1.08. The first-order valence-corrected chi connectivity index (χ1v) is 9.11. The van der Waals surface area contributed by atoms with Crippen LogP contribution in [0.2, 0.25) is 0 Å². The van der Waals surface area contributed by atoms with Crippen LogP contribution in [0.3, 0.4) is 0 Å². The Morgan fingerprint density at radius 3 is 2.43 bits per heavy atom. The van der Waals surface area contributed by atoms with Gasteiger partial charge in [0.15, 0.2) is 0 Å². The average Bonchev–Trinajstić information content (AvgIpc) is 2.67. The average molecular weight is 420 g/mol. The summed E-state index contributed by atoms with van der Waals surface area (Å²) in [6.07, 6.45) is -7.26. The normalized spacial score (nSPS) is 26.9. The summed E-state index contributed by atoms with van der Waals surface area (Å²) < 4.78 is 16.2. The maximum absolute atomic E-state index is 12.3. The van der Waals surface area contributed by atoms with Crippen molar-refractivity contribution in [3.8, 4) is 17.2 Å². The third-order valence-electron chi connectivity index (χ3n) is 5.15. The molecule has 0 radical (unpaired) electrons. The largest absolute Gasteiger partial charge is 0.508 e. The number of phenolic OH excluding ortho intramolecular Hbond substituents is 2. The van der Waals surface area contributed by atoms with E-state index >= 15 is 0 Å². The van der Waals surface area contributed by atoms with Crippen LogP contribution in [0.15, 0.2) is 33.5 Å². The SMILES string of the molecule is Cc1cc(O[C@@H]2OC(CO)[C@H](O)[C@H](O)[C@@H]2O)cc2oc(=O)c3c(O)cc(O)cc3c12. The van der Waals surface area contributed by atoms with Crippen LogP contribution in [-0.4, -0.2) is 68.0 Å². The van der Waals surface area contributed by atoms with Crippen molar-refractivity contribution in [1.29, 1.82) is 0 Å². The Hall–Kier alpha value is -2.89. The summed E-state index contributed by atoms with van der Waals surface area (Å²) >= 11 is 0. The van der Waals surface area contributed by atoms with Crippen molar-refractivity contribution in [2.75, 3.05) is 6.61 Å². The van der Waals surface area contributed by atoms with E-state index in [2.05, 4.69) is 0 Å². The number of aryl methyl sites for hydroxylation is 1. The van der Waals surface area contributed by atoms with Crippen LogP contribution in [0.1, 0.15) is 5.56 Å². The molecule has 0 bridgehead atoms. The molecule has 2 aromatic carbocycles. The molecule has 0 aliphatic carbocycles. The van der Waals surface area contributed by atoms with Crippen molar-refractivity contribution >= 4 is 21.7 Å². The number of aromatic hydroxyl groups is 2. The number of aliphatic hydroxyl groups is 4. The summed E-state index contributed by atoms with van der Waals surface area (Å²) in [5.74, 6) is -0.522. The number of ether oxygens (including phenoxy) is 2. The first kappa shape index (κ1) is 20.4. The molecule has 10 heteroatoms. The van der Waals surface area contributed by atoms with E-state index < -0.39 is 48.7 Å². The van der Waals surface area contributed by atoms with E-state index in [1.807, 2.05) is 0 Å². The number of hydrogen-bond acceptors (Lipinski definition) is 10. The highest BCUT2D eigenvalue weighted by atomic mass is 16.7. The Bertz CT molecular complexity index is 1170. The molecule has 160 valence electrons. The van der Waals surface area contributed by atoms with Crippen LogP contribution in [0.5, 0.6) is 17.2 Å². The van der Waals surface area contributed by atoms with Gasteiger partial charge in [0.2, 0.25) is 6.29 Å². The summed E-state index contributed by atoms with van der Waals surface area (Å²) in [6, 6.07) is 5.27. The second-order valence-electron chi connectivity index (χ2n) is 7.21. The van der Waals surface area contributed by atoms with Gasteiger partial charge >= 0.3 is 5.63 Å². The molecule has 0 spiro atoms. The molecule has 4 rings (SSSR count). The Labute approximate surface area is 168 Å². The number of benzene rings is 2. The lowest BCUT2D eigenvalue weighted by Gasteiger charge is -2.39. The summed E-state index contributed by atoms with van der Waals surface area (Å²) in [5.41, 5.74) is -0.165. The van der Waals surface area contributed by atoms with Gasteiger partial charge in [-0.05, 0) is 24.6 Å². The fraction of sp³-hybridized carbons (Fsp3) is 0.350. The predicted octanol–water partition coefficient (Wildman–Crippen LogP) is -0.155. The summed E-state index contributed by atoms with van der Waals surface area (Å²) in [7, 11) is 0. The molecule has 2 heterocycles. The van der Waals surface area contributed by atoms with E-state index in [0.29, 0.717) is 10.9 Å². The molecular weight excluding hydrogens is 400 g/mol. The zero-order valence-electron chi connectivity index (χ0n) is 15.7. The Balaban J connectivity index is 1.79. The van der Waals surface area contributed by atoms with Crippen molar-refractivity contribution in [3.63, 3.8) is 0 Å². The van der Waals surface area contributed by atoms with E-state index in [1.165, 1.54) is 12.1 Å². The van der Waals surface area contributed by atoms with Gasteiger partial charge in [0, 0.05) is 22.9 Å². The fourth-order valence-electron chi connectivity index (χ4n) is 3.69. The highest BCUT2D eigenvalue weighted by molar-refractivity contribution is 6.08. The molecule has 3 aromatic rings. The monoisotopic (exact) mass is 420 g/mol. The van der Waals surface area contributed by atoms with Gasteiger partial charge in [0.25, 0.3) is 0 Å². The lowest BCUT2D eigenvalue weighted by molar-refractivity contribution is -0.277. The molecule has 1 fully saturated rings. The molecule has 1 aliphatic rings. The number of fused-ring (bicyclic) bond motifs is 3. The molecular formula is C20H20O10. The van der Waals surface area contributed by atoms with Gasteiger partial charge in [-0.3, -0.25) is 0 Å². The smallest absolute Gasteiger partial charge is 0.347 e. The fourth-order valence-corrected chi connectivity index (χ4v) is 3.69. The molecule has 1 aliphatic heterocycles. The van der Waals surface area contributed by atoms with Crippen molar-refractivity contribution in [2.45, 2.75) is 37.6 Å². The minimum Gasteiger partial charge on any atom is -0.508 e. The van der Waals surface area contributed by atoms with Crippen molar-refractivity contribution < 1.29 is 44.5 Å². The molecule has 0 saturated carbocycles. The molecule has 6 N–H and O–H groups in total. The van der Waals surface area contributed by atoms with Gasteiger partial charge in [-0.1, -0.05) is 0 Å². The van der Waals surface area contributed by atoms with Crippen LogP contribution in [0.25, 0.3) is 21.7 Å². The Morgan fingerprint density at radius 2 is 1.73 bits per heavy atom. The minimum absolute atomic E-state index is 0.0778. The molecule has 10 nitrogen and oxygen atoms in total. The third-order valence-corrected chi connectivity index (χ3v) is 5.15. The van der Waals surface area contributed by atoms with E-state index in [9.17, 15) is 35.4 Å². The zero-order chi connectivity index (χ0) is 21.7. The lowest BCUT2D eigenvalue weighted by atomic mass is 9.99. The molecule has 1 unspecified atom stereocenters. The van der Waals surface area contributed by atoms with E-state index in [-0.39, 0.29) is 27.9 Å². The standard InChI is InChI=1S/C20H20O10/c1-7-2-9(28-20-18(26)17(25)16(24)13(6-21)30-20)5-12-14(7)10-3-8(22)4-11(23)15(10)19(27)29-12/h2-5,13,16-18,20-26H,6H2,1H3/t13?,16-,17-,18-,20+/m0/s1. The van der Waals surface area contributed by atoms with Crippen LogP contribution in [0, 0.1) is 6.92 Å². The first-order chi connectivity index (χ1) is 14.2. The number of hydrogen-bond donors (Lipinski definition) is 6. The second kappa shape index (κ2) is 7.42. The van der Waals surface area contributed by atoms with Gasteiger partial charge in [0.1, 0.15) is 52.6 Å². The topological polar surface area (TPSA) is 170 Å². The summed E-state index contributed by atoms with van der Waals surface area (Å²) in [5, 5.41) is 59.7. The van der Waals surface area contributed by atoms with Gasteiger partial charge in [-0.15, -0.1) is 0 Å². The summed E-state index contributed by atoms with van der Waals surface area (Å²) in [4.78, 5) is 12.3. The molecule has 30 heavy (non-hydrogen) atoms. The molecule has 1 aromatic heterocycles. The molecule has 5 atom stereocenters. The Kier molecular flexibility index (Phi) is 5.04. The van der Waals surface area contributed by atoms with Crippen molar-refractivity contribution in [3.05, 3.63) is 40.2 Å². The lowest BCUT2D eigenvalue weighted by Crippen LogP contribution is -2.60. The Morgan fingerprint density at radius 1 is 1.00 bits per heavy atom. The van der Waals surface area contributed by atoms with Gasteiger partial charge < -0.3 is 44.5 Å². The third kappa shape index (κ3) is 3.24. The highest BCUT2D eigenvalue weighted by Crippen LogP contribution is 2.36. The number of rotatable bonds is 3. The molecule has 0 amide bonds. The molecule has 1 saturated heterocycles. The maximum atomic E-state index is 12.3. The van der Waals surface area contributed by atoms with E-state index in [0.717, 1.165) is 6.07 Å². The minimum atomic E-state index is -1.60. The number of phenols is 2. The van der Waals surface area contributed by atoms with Crippen molar-refractivity contribution in [2.24, 2.45) is 0 Å². The zero-order valence-corrected chi connectivity index (χ0v) is 15.7. The van der Waals surface area contributed by atoms with Crippen molar-refractivity contribution in [1.82, 2.24) is 0 Å². The predicted molar refractivity (Wildman–Crippen MR) is 102 cm³/mol. The van der Waals surface area contributed by atoms with Gasteiger partial charge in [-0.2, -0.15) is 0 Å². The van der Waals surface area contributed by atoms with Gasteiger partial charge in [0.05, 0.1) is 6.61 Å². The maximum Gasteiger partial charge on any atom is 0.347 e. The van der Waals surface area contributed by atoms with Crippen LogP contribution in [0.4, 0.5) is 0 Å². The van der Waals surface area contributed by atoms with Crippen LogP contribution < -0.4 is 10.4 Å². The number of aliphatic hydroxyl groups excluding tert-OH is 4. The van der Waals surface area contributed by atoms with E-state index in [1.54, 1.807) is 13.0 Å². The quantitative estimate of drug-likeness (QED) is 0.247. The second-order valence-corrected chi connectivity index (χ2v) is 7.21. The highest BCUT2D eigenvalue weighted by Gasteiger charge is 2.44. The van der Waals surface area contributed by atoms with Crippen LogP contribution >= 0.6 is 0 Å².